The summed E-state index contributed by atoms with van der Waals surface area (Å²) in [6.45, 7) is 0. The van der Waals surface area contributed by atoms with Crippen molar-refractivity contribution in [3.05, 3.63) is 0 Å². The molecule has 5 heteroatoms. The average molecular weight is 346 g/mol. The Kier molecular flexibility index (Phi) is 2.65. The summed E-state index contributed by atoms with van der Waals surface area (Å²) in [5.74, 6) is 1.11. The van der Waals surface area contributed by atoms with Gasteiger partial charge < -0.3 is 14.9 Å². The molecule has 0 spiro atoms. The molecule has 0 aromatic rings. The van der Waals surface area contributed by atoms with E-state index in [1.807, 2.05) is 0 Å². The number of hydrogen-bond donors (Lipinski definition) is 2. The van der Waals surface area contributed by atoms with E-state index in [0.717, 1.165) is 38.5 Å². The highest BCUT2D eigenvalue weighted by Gasteiger charge is 2.69. The molecule has 0 aliphatic heterocycles. The number of aliphatic hydroxyl groups excluding tert-OH is 1. The van der Waals surface area contributed by atoms with E-state index in [-0.39, 0.29) is 47.3 Å². The number of hydrogen-bond acceptors (Lipinski definition) is 4. The van der Waals surface area contributed by atoms with Gasteiger partial charge in [-0.15, -0.1) is 0 Å². The summed E-state index contributed by atoms with van der Waals surface area (Å²) in [6.07, 6.45) is 6.52. The first-order valence-electron chi connectivity index (χ1n) is 10.1. The third-order valence-corrected chi connectivity index (χ3v) is 9.39. The topological polar surface area (TPSA) is 83.8 Å². The third kappa shape index (κ3) is 1.61. The maximum atomic E-state index is 13.2. The number of carboxylic acids is 1. The fourth-order valence-electron chi connectivity index (χ4n) is 8.50. The molecule has 8 aliphatic carbocycles. The fraction of sp³-hybridized carbons (Fsp3) is 0.900. The maximum absolute atomic E-state index is 13.2. The van der Waals surface area contributed by atoms with Gasteiger partial charge in [-0.1, -0.05) is 0 Å². The Labute approximate surface area is 147 Å². The minimum absolute atomic E-state index is 0.0161. The second-order valence-corrected chi connectivity index (χ2v) is 10.2. The zero-order valence-corrected chi connectivity index (χ0v) is 14.4. The van der Waals surface area contributed by atoms with Crippen LogP contribution >= 0.6 is 0 Å². The lowest BCUT2D eigenvalue weighted by molar-refractivity contribution is -0.174. The second-order valence-electron chi connectivity index (χ2n) is 10.2. The molecule has 0 aromatic carbocycles. The summed E-state index contributed by atoms with van der Waals surface area (Å²) < 4.78 is 6.18. The Hall–Kier alpha value is -1.10. The molecule has 0 saturated heterocycles. The summed E-state index contributed by atoms with van der Waals surface area (Å²) in [6, 6.07) is 0. The smallest absolute Gasteiger partial charge is 0.312 e. The van der Waals surface area contributed by atoms with E-state index in [4.69, 9.17) is 4.74 Å². The molecule has 4 atom stereocenters. The molecule has 136 valence electrons. The SMILES string of the molecule is O=C(O)C12CC3CC1CC(C2)C3OC(=O)C12CC3CC1CC(C2)C3O. The lowest BCUT2D eigenvalue weighted by atomic mass is 9.72. The number of rotatable bonds is 3. The molecule has 0 heterocycles. The molecule has 0 amide bonds. The first-order chi connectivity index (χ1) is 11.9. The Morgan fingerprint density at radius 3 is 1.80 bits per heavy atom. The third-order valence-electron chi connectivity index (χ3n) is 9.39. The Balaban J connectivity index is 1.23. The first-order valence-corrected chi connectivity index (χ1v) is 10.1. The highest BCUT2D eigenvalue weighted by atomic mass is 16.5. The van der Waals surface area contributed by atoms with E-state index in [9.17, 15) is 19.8 Å². The number of carbonyl (C=O) groups is 2. The number of aliphatic carboxylic acids is 1. The van der Waals surface area contributed by atoms with Gasteiger partial charge in [0.05, 0.1) is 16.9 Å². The van der Waals surface area contributed by atoms with E-state index < -0.39 is 11.4 Å². The van der Waals surface area contributed by atoms with Crippen LogP contribution in [0.15, 0.2) is 0 Å². The summed E-state index contributed by atoms with van der Waals surface area (Å²) in [5, 5.41) is 20.0. The maximum Gasteiger partial charge on any atom is 0.312 e. The average Bonchev–Trinajstić information content (AvgIpc) is 3.21. The van der Waals surface area contributed by atoms with Crippen LogP contribution < -0.4 is 0 Å². The summed E-state index contributed by atoms with van der Waals surface area (Å²) in [5.41, 5.74) is -0.858. The van der Waals surface area contributed by atoms with E-state index in [2.05, 4.69) is 0 Å². The summed E-state index contributed by atoms with van der Waals surface area (Å²) in [7, 11) is 0. The fourth-order valence-corrected chi connectivity index (χ4v) is 8.50. The van der Waals surface area contributed by atoms with Gasteiger partial charge in [0.15, 0.2) is 0 Å². The number of carboxylic acid groups (broad SMARTS) is 1. The van der Waals surface area contributed by atoms with Crippen molar-refractivity contribution < 1.29 is 24.5 Å². The predicted molar refractivity (Wildman–Crippen MR) is 86.3 cm³/mol. The molecule has 8 rings (SSSR count). The normalized spacial score (nSPS) is 59.7. The van der Waals surface area contributed by atoms with Crippen LogP contribution in [0, 0.1) is 46.3 Å². The van der Waals surface area contributed by atoms with E-state index in [1.54, 1.807) is 0 Å². The van der Waals surface area contributed by atoms with Crippen molar-refractivity contribution in [3.8, 4) is 0 Å². The first kappa shape index (κ1) is 15.0. The highest BCUT2D eigenvalue weighted by molar-refractivity contribution is 5.79. The van der Waals surface area contributed by atoms with Crippen LogP contribution in [0.4, 0.5) is 0 Å². The quantitative estimate of drug-likeness (QED) is 0.766. The van der Waals surface area contributed by atoms with Gasteiger partial charge in [0.1, 0.15) is 6.10 Å². The molecule has 5 nitrogen and oxygen atoms in total. The van der Waals surface area contributed by atoms with Gasteiger partial charge in [0, 0.05) is 0 Å². The standard InChI is InChI=1S/C20H26O5/c21-15-9-1-14-2-10(15)6-20(14,5-9)18(24)25-16-11-3-13-4-12(16)8-19(13,7-11)17(22)23/h9-16,21H,1-8H2,(H,22,23). The molecule has 0 radical (unpaired) electrons. The summed E-state index contributed by atoms with van der Waals surface area (Å²) in [4.78, 5) is 25.0. The zero-order valence-electron chi connectivity index (χ0n) is 14.4. The largest absolute Gasteiger partial charge is 0.481 e. The van der Waals surface area contributed by atoms with Crippen molar-refractivity contribution in [1.29, 1.82) is 0 Å². The minimum Gasteiger partial charge on any atom is -0.481 e. The van der Waals surface area contributed by atoms with Gasteiger partial charge in [-0.05, 0) is 86.9 Å². The number of carbonyl (C=O) groups excluding carboxylic acids is 1. The predicted octanol–water partition coefficient (Wildman–Crippen LogP) is 2.22. The van der Waals surface area contributed by atoms with Gasteiger partial charge in [-0.2, -0.15) is 0 Å². The molecular formula is C20H26O5. The molecule has 8 saturated carbocycles. The van der Waals surface area contributed by atoms with Crippen molar-refractivity contribution >= 4 is 11.9 Å². The molecule has 0 aromatic heterocycles. The minimum atomic E-state index is -0.633. The molecule has 2 N–H and O–H groups in total. The van der Waals surface area contributed by atoms with Crippen LogP contribution in [0.25, 0.3) is 0 Å². The zero-order chi connectivity index (χ0) is 17.1. The number of esters is 1. The van der Waals surface area contributed by atoms with Crippen LogP contribution in [0.3, 0.4) is 0 Å². The van der Waals surface area contributed by atoms with Gasteiger partial charge in [-0.25, -0.2) is 0 Å². The highest BCUT2D eigenvalue weighted by Crippen LogP contribution is 2.68. The van der Waals surface area contributed by atoms with Crippen LogP contribution in [-0.4, -0.2) is 34.4 Å². The molecule has 4 unspecified atom stereocenters. The van der Waals surface area contributed by atoms with Gasteiger partial charge in [-0.3, -0.25) is 9.59 Å². The molecule has 8 bridgehead atoms. The Bertz CT molecular complexity index is 639. The van der Waals surface area contributed by atoms with E-state index >= 15 is 0 Å². The molecule has 8 fully saturated rings. The van der Waals surface area contributed by atoms with Crippen molar-refractivity contribution in [3.63, 3.8) is 0 Å². The van der Waals surface area contributed by atoms with Crippen molar-refractivity contribution in [2.24, 2.45) is 46.3 Å². The van der Waals surface area contributed by atoms with Crippen molar-refractivity contribution in [2.45, 2.75) is 63.6 Å². The second kappa shape index (κ2) is 4.41. The van der Waals surface area contributed by atoms with Crippen LogP contribution in [0.5, 0.6) is 0 Å². The van der Waals surface area contributed by atoms with Crippen LogP contribution in [0.2, 0.25) is 0 Å². The number of aliphatic hydroxyl groups is 1. The van der Waals surface area contributed by atoms with Crippen LogP contribution in [0.1, 0.15) is 51.4 Å². The van der Waals surface area contributed by atoms with E-state index in [0.29, 0.717) is 24.7 Å². The molecular weight excluding hydrogens is 320 g/mol. The lowest BCUT2D eigenvalue weighted by Gasteiger charge is -2.40. The van der Waals surface area contributed by atoms with Crippen LogP contribution in [-0.2, 0) is 14.3 Å². The van der Waals surface area contributed by atoms with Crippen molar-refractivity contribution in [2.75, 3.05) is 0 Å². The van der Waals surface area contributed by atoms with Crippen molar-refractivity contribution in [1.82, 2.24) is 0 Å². The Morgan fingerprint density at radius 2 is 1.28 bits per heavy atom. The Morgan fingerprint density at radius 1 is 0.800 bits per heavy atom. The number of ether oxygens (including phenoxy) is 1. The lowest BCUT2D eigenvalue weighted by Crippen LogP contribution is -2.45. The molecule has 25 heavy (non-hydrogen) atoms. The monoisotopic (exact) mass is 346 g/mol. The van der Waals surface area contributed by atoms with Gasteiger partial charge in [0.25, 0.3) is 0 Å². The van der Waals surface area contributed by atoms with E-state index in [1.165, 1.54) is 0 Å². The van der Waals surface area contributed by atoms with Gasteiger partial charge in [0.2, 0.25) is 0 Å². The van der Waals surface area contributed by atoms with Gasteiger partial charge >= 0.3 is 11.9 Å². The summed E-state index contributed by atoms with van der Waals surface area (Å²) >= 11 is 0. The molecule has 8 aliphatic rings.